The molecule has 2 aromatic heterocycles. The van der Waals surface area contributed by atoms with Gasteiger partial charge in [0, 0.05) is 11.1 Å². The quantitative estimate of drug-likeness (QED) is 0.812. The van der Waals surface area contributed by atoms with Gasteiger partial charge in [-0.3, -0.25) is 4.79 Å². The largest absolute Gasteiger partial charge is 0.291 e. The average Bonchev–Trinajstić information content (AvgIpc) is 2.88. The SMILES string of the molecule is Cc1csc([C@H](C#N)C(=O)c2scnc2Cl)n1. The number of carbonyl (C=O) groups is 1. The van der Waals surface area contributed by atoms with Crippen LogP contribution in [0.25, 0.3) is 0 Å². The van der Waals surface area contributed by atoms with Gasteiger partial charge in [0.1, 0.15) is 9.88 Å². The minimum Gasteiger partial charge on any atom is -0.291 e. The second-order valence-electron chi connectivity index (χ2n) is 3.23. The number of ketones is 1. The van der Waals surface area contributed by atoms with Gasteiger partial charge in [-0.05, 0) is 6.92 Å². The summed E-state index contributed by atoms with van der Waals surface area (Å²) in [6, 6.07) is 1.97. The zero-order valence-electron chi connectivity index (χ0n) is 8.68. The van der Waals surface area contributed by atoms with Crippen LogP contribution in [0.1, 0.15) is 26.3 Å². The monoisotopic (exact) mass is 283 g/mol. The van der Waals surface area contributed by atoms with Crippen LogP contribution >= 0.6 is 34.3 Å². The first-order chi connectivity index (χ1) is 8.13. The molecule has 0 fully saturated rings. The number of hydrogen-bond donors (Lipinski definition) is 0. The van der Waals surface area contributed by atoms with Crippen LogP contribution < -0.4 is 0 Å². The Kier molecular flexibility index (Phi) is 3.52. The second kappa shape index (κ2) is 4.92. The molecule has 7 heteroatoms. The van der Waals surface area contributed by atoms with Crippen molar-refractivity contribution in [2.24, 2.45) is 0 Å². The fourth-order valence-corrected chi connectivity index (χ4v) is 3.07. The minimum absolute atomic E-state index is 0.147. The third kappa shape index (κ3) is 2.36. The van der Waals surface area contributed by atoms with Crippen LogP contribution in [-0.4, -0.2) is 15.8 Å². The first kappa shape index (κ1) is 12.2. The van der Waals surface area contributed by atoms with Crippen molar-refractivity contribution in [1.29, 1.82) is 5.26 Å². The van der Waals surface area contributed by atoms with Crippen molar-refractivity contribution >= 4 is 40.1 Å². The molecule has 0 amide bonds. The molecule has 0 radical (unpaired) electrons. The molecule has 0 aliphatic heterocycles. The highest BCUT2D eigenvalue weighted by Gasteiger charge is 2.27. The highest BCUT2D eigenvalue weighted by molar-refractivity contribution is 7.12. The first-order valence-electron chi connectivity index (χ1n) is 4.58. The molecule has 2 aromatic rings. The van der Waals surface area contributed by atoms with E-state index in [0.717, 1.165) is 17.0 Å². The Morgan fingerprint density at radius 2 is 2.35 bits per heavy atom. The van der Waals surface area contributed by atoms with Crippen molar-refractivity contribution < 1.29 is 4.79 Å². The molecule has 0 unspecified atom stereocenters. The van der Waals surface area contributed by atoms with Gasteiger partial charge in [-0.25, -0.2) is 9.97 Å². The summed E-state index contributed by atoms with van der Waals surface area (Å²) in [4.78, 5) is 20.4. The normalized spacial score (nSPS) is 12.1. The van der Waals surface area contributed by atoms with Crippen LogP contribution in [0.4, 0.5) is 0 Å². The third-order valence-electron chi connectivity index (χ3n) is 2.02. The van der Waals surface area contributed by atoms with Gasteiger partial charge in [0.15, 0.2) is 16.9 Å². The lowest BCUT2D eigenvalue weighted by Gasteiger charge is -2.02. The van der Waals surface area contributed by atoms with E-state index in [9.17, 15) is 4.79 Å². The molecule has 0 aromatic carbocycles. The predicted molar refractivity (Wildman–Crippen MR) is 66.7 cm³/mol. The number of nitriles is 1. The Labute approximate surface area is 111 Å². The lowest BCUT2D eigenvalue weighted by Crippen LogP contribution is -2.10. The topological polar surface area (TPSA) is 66.6 Å². The Hall–Kier alpha value is -1.29. The molecule has 86 valence electrons. The lowest BCUT2D eigenvalue weighted by molar-refractivity contribution is 0.0982. The van der Waals surface area contributed by atoms with E-state index in [4.69, 9.17) is 16.9 Å². The van der Waals surface area contributed by atoms with Crippen molar-refractivity contribution in [3.63, 3.8) is 0 Å². The molecular formula is C10H6ClN3OS2. The number of rotatable bonds is 3. The van der Waals surface area contributed by atoms with E-state index in [0.29, 0.717) is 9.88 Å². The van der Waals surface area contributed by atoms with Gasteiger partial charge in [0.05, 0.1) is 11.6 Å². The van der Waals surface area contributed by atoms with Crippen LogP contribution in [0.3, 0.4) is 0 Å². The molecule has 0 bridgehead atoms. The van der Waals surface area contributed by atoms with Gasteiger partial charge in [0.25, 0.3) is 0 Å². The van der Waals surface area contributed by atoms with E-state index >= 15 is 0 Å². The summed E-state index contributed by atoms with van der Waals surface area (Å²) in [6.45, 7) is 1.82. The number of nitrogens with zero attached hydrogens (tertiary/aromatic N) is 3. The average molecular weight is 284 g/mol. The maximum Gasteiger partial charge on any atom is 0.200 e. The molecule has 0 saturated heterocycles. The molecule has 1 atom stereocenters. The molecular weight excluding hydrogens is 278 g/mol. The molecule has 0 aliphatic rings. The molecule has 2 heterocycles. The fourth-order valence-electron chi connectivity index (χ4n) is 1.25. The number of halogens is 1. The highest BCUT2D eigenvalue weighted by atomic mass is 35.5. The Morgan fingerprint density at radius 3 is 2.82 bits per heavy atom. The third-order valence-corrected chi connectivity index (χ3v) is 4.29. The standard InChI is InChI=1S/C10H6ClN3OS2/c1-5-3-16-10(14-5)6(2-12)7(15)8-9(11)13-4-17-8/h3-4,6H,1H3/t6-/m1/s1. The van der Waals surface area contributed by atoms with Crippen molar-refractivity contribution in [1.82, 2.24) is 9.97 Å². The summed E-state index contributed by atoms with van der Waals surface area (Å²) in [6.07, 6.45) is 0. The molecule has 2 rings (SSSR count). The van der Waals surface area contributed by atoms with Crippen LogP contribution in [-0.2, 0) is 0 Å². The van der Waals surface area contributed by atoms with Gasteiger partial charge in [-0.15, -0.1) is 22.7 Å². The number of aryl methyl sites for hydroxylation is 1. The van der Waals surface area contributed by atoms with E-state index in [2.05, 4.69) is 9.97 Å². The minimum atomic E-state index is -0.897. The zero-order chi connectivity index (χ0) is 12.4. The first-order valence-corrected chi connectivity index (χ1v) is 6.72. The van der Waals surface area contributed by atoms with Gasteiger partial charge >= 0.3 is 0 Å². The number of aromatic nitrogens is 2. The van der Waals surface area contributed by atoms with Crippen LogP contribution in [0.5, 0.6) is 0 Å². The van der Waals surface area contributed by atoms with Gasteiger partial charge in [-0.2, -0.15) is 5.26 Å². The molecule has 0 N–H and O–H groups in total. The lowest BCUT2D eigenvalue weighted by atomic mass is 10.1. The molecule has 4 nitrogen and oxygen atoms in total. The fraction of sp³-hybridized carbons (Fsp3) is 0.200. The van der Waals surface area contributed by atoms with Crippen LogP contribution in [0, 0.1) is 18.3 Å². The van der Waals surface area contributed by atoms with Gasteiger partial charge in [-0.1, -0.05) is 11.6 Å². The van der Waals surface area contributed by atoms with E-state index in [-0.39, 0.29) is 10.9 Å². The summed E-state index contributed by atoms with van der Waals surface area (Å²) >= 11 is 8.22. The molecule has 17 heavy (non-hydrogen) atoms. The maximum atomic E-state index is 12.1. The summed E-state index contributed by atoms with van der Waals surface area (Å²) in [5.74, 6) is -1.24. The van der Waals surface area contributed by atoms with Crippen LogP contribution in [0.2, 0.25) is 5.15 Å². The van der Waals surface area contributed by atoms with Crippen molar-refractivity contribution in [2.75, 3.05) is 0 Å². The van der Waals surface area contributed by atoms with Crippen molar-refractivity contribution in [3.05, 3.63) is 31.6 Å². The van der Waals surface area contributed by atoms with Gasteiger partial charge < -0.3 is 0 Å². The number of thiazole rings is 2. The second-order valence-corrected chi connectivity index (χ2v) is 5.33. The Bertz CT molecular complexity index is 599. The maximum absolute atomic E-state index is 12.1. The van der Waals surface area contributed by atoms with Crippen LogP contribution in [0.15, 0.2) is 10.9 Å². The number of carbonyl (C=O) groups excluding carboxylic acids is 1. The molecule has 0 aliphatic carbocycles. The van der Waals surface area contributed by atoms with E-state index in [1.807, 2.05) is 13.0 Å². The summed E-state index contributed by atoms with van der Waals surface area (Å²) in [7, 11) is 0. The Morgan fingerprint density at radius 1 is 1.59 bits per heavy atom. The van der Waals surface area contributed by atoms with Gasteiger partial charge in [0.2, 0.25) is 0 Å². The highest BCUT2D eigenvalue weighted by Crippen LogP contribution is 2.28. The zero-order valence-corrected chi connectivity index (χ0v) is 11.1. The summed E-state index contributed by atoms with van der Waals surface area (Å²) < 4.78 is 0. The van der Waals surface area contributed by atoms with E-state index in [1.54, 1.807) is 5.38 Å². The predicted octanol–water partition coefficient (Wildman–Crippen LogP) is 3.05. The van der Waals surface area contributed by atoms with E-state index in [1.165, 1.54) is 16.8 Å². The van der Waals surface area contributed by atoms with Crippen molar-refractivity contribution in [2.45, 2.75) is 12.8 Å². The summed E-state index contributed by atoms with van der Waals surface area (Å²) in [5.41, 5.74) is 2.28. The summed E-state index contributed by atoms with van der Waals surface area (Å²) in [5, 5.41) is 11.5. The molecule has 0 saturated carbocycles. The van der Waals surface area contributed by atoms with Crippen molar-refractivity contribution in [3.8, 4) is 6.07 Å². The number of hydrogen-bond acceptors (Lipinski definition) is 6. The van der Waals surface area contributed by atoms with E-state index < -0.39 is 5.92 Å². The number of Topliss-reactive ketones (excluding diaryl/α,β-unsaturated/α-hetero) is 1. The Balaban J connectivity index is 2.36. The smallest absolute Gasteiger partial charge is 0.200 e. The molecule has 0 spiro atoms.